The fourth-order valence-electron chi connectivity index (χ4n) is 2.21. The summed E-state index contributed by atoms with van der Waals surface area (Å²) in [6, 6.07) is 8.90. The van der Waals surface area contributed by atoms with Gasteiger partial charge in [0.05, 0.1) is 12.8 Å². The monoisotopic (exact) mass is 270 g/mol. The molecule has 0 atom stereocenters. The molecule has 2 N–H and O–H groups in total. The number of rotatable bonds is 3. The number of aryl methyl sites for hydroxylation is 1. The van der Waals surface area contributed by atoms with Gasteiger partial charge in [0, 0.05) is 17.7 Å². The molecule has 2 heterocycles. The third kappa shape index (κ3) is 2.56. The first-order valence-electron chi connectivity index (χ1n) is 6.46. The zero-order valence-corrected chi connectivity index (χ0v) is 10.8. The molecule has 0 saturated heterocycles. The van der Waals surface area contributed by atoms with Crippen LogP contribution in [0.2, 0.25) is 0 Å². The number of benzene rings is 1. The fraction of sp³-hybridized carbons (Fsp3) is 0.200. The fourth-order valence-corrected chi connectivity index (χ4v) is 2.21. The second-order valence-corrected chi connectivity index (χ2v) is 4.68. The van der Waals surface area contributed by atoms with E-state index in [0.29, 0.717) is 30.7 Å². The summed E-state index contributed by atoms with van der Waals surface area (Å²) in [5.74, 6) is 0.581. The van der Waals surface area contributed by atoms with Crippen molar-refractivity contribution in [3.05, 3.63) is 53.5 Å². The molecule has 102 valence electrons. The van der Waals surface area contributed by atoms with Crippen LogP contribution in [0.1, 0.15) is 28.1 Å². The van der Waals surface area contributed by atoms with Crippen LogP contribution in [0.15, 0.2) is 41.0 Å². The maximum absolute atomic E-state index is 12.0. The van der Waals surface area contributed by atoms with Crippen LogP contribution in [0.5, 0.6) is 0 Å². The van der Waals surface area contributed by atoms with Crippen LogP contribution < -0.4 is 10.6 Å². The van der Waals surface area contributed by atoms with E-state index in [1.54, 1.807) is 24.5 Å². The maximum Gasteiger partial charge on any atom is 0.251 e. The average molecular weight is 270 g/mol. The van der Waals surface area contributed by atoms with E-state index >= 15 is 0 Å². The van der Waals surface area contributed by atoms with Crippen LogP contribution in [-0.4, -0.2) is 11.8 Å². The molecular weight excluding hydrogens is 256 g/mol. The van der Waals surface area contributed by atoms with Crippen LogP contribution in [-0.2, 0) is 17.8 Å². The molecule has 1 aliphatic heterocycles. The quantitative estimate of drug-likeness (QED) is 0.897. The molecule has 0 spiro atoms. The number of fused-ring (bicyclic) bond motifs is 1. The molecule has 1 aliphatic rings. The summed E-state index contributed by atoms with van der Waals surface area (Å²) >= 11 is 0. The van der Waals surface area contributed by atoms with E-state index in [4.69, 9.17) is 4.42 Å². The van der Waals surface area contributed by atoms with E-state index in [1.807, 2.05) is 12.1 Å². The number of carbonyl (C=O) groups is 2. The molecule has 5 heteroatoms. The van der Waals surface area contributed by atoms with Gasteiger partial charge in [0.15, 0.2) is 0 Å². The van der Waals surface area contributed by atoms with Gasteiger partial charge in [0.1, 0.15) is 5.76 Å². The third-order valence-electron chi connectivity index (χ3n) is 3.27. The van der Waals surface area contributed by atoms with Crippen molar-refractivity contribution in [3.8, 4) is 0 Å². The Hall–Kier alpha value is -2.56. The van der Waals surface area contributed by atoms with Gasteiger partial charge in [-0.2, -0.15) is 0 Å². The van der Waals surface area contributed by atoms with E-state index in [2.05, 4.69) is 10.6 Å². The second kappa shape index (κ2) is 5.21. The number of hydrogen-bond acceptors (Lipinski definition) is 3. The predicted molar refractivity (Wildman–Crippen MR) is 73.3 cm³/mol. The molecule has 0 bridgehead atoms. The van der Waals surface area contributed by atoms with Crippen LogP contribution in [0, 0.1) is 0 Å². The van der Waals surface area contributed by atoms with Crippen molar-refractivity contribution in [1.82, 2.24) is 5.32 Å². The van der Waals surface area contributed by atoms with Crippen LogP contribution >= 0.6 is 0 Å². The SMILES string of the molecule is O=C1CCc2cc(C(=O)NCc3ccco3)ccc2N1. The summed E-state index contributed by atoms with van der Waals surface area (Å²) in [5, 5.41) is 5.59. The molecule has 1 aromatic heterocycles. The summed E-state index contributed by atoms with van der Waals surface area (Å²) in [6.45, 7) is 0.361. The number of furan rings is 1. The van der Waals surface area contributed by atoms with Crippen molar-refractivity contribution in [2.45, 2.75) is 19.4 Å². The first-order chi connectivity index (χ1) is 9.72. The summed E-state index contributed by atoms with van der Waals surface area (Å²) in [6.07, 6.45) is 2.70. The van der Waals surface area contributed by atoms with E-state index in [-0.39, 0.29) is 11.8 Å². The van der Waals surface area contributed by atoms with Gasteiger partial charge in [-0.1, -0.05) is 0 Å². The van der Waals surface area contributed by atoms with Crippen molar-refractivity contribution in [3.63, 3.8) is 0 Å². The summed E-state index contributed by atoms with van der Waals surface area (Å²) < 4.78 is 5.16. The minimum atomic E-state index is -0.152. The Morgan fingerprint density at radius 3 is 3.00 bits per heavy atom. The van der Waals surface area contributed by atoms with E-state index in [1.165, 1.54) is 0 Å². The van der Waals surface area contributed by atoms with Gasteiger partial charge in [-0.25, -0.2) is 0 Å². The Morgan fingerprint density at radius 2 is 2.20 bits per heavy atom. The lowest BCUT2D eigenvalue weighted by Crippen LogP contribution is -2.24. The molecular formula is C15H14N2O3. The number of anilines is 1. The van der Waals surface area contributed by atoms with Crippen LogP contribution in [0.4, 0.5) is 5.69 Å². The maximum atomic E-state index is 12.0. The lowest BCUT2D eigenvalue weighted by molar-refractivity contribution is -0.116. The lowest BCUT2D eigenvalue weighted by Gasteiger charge is -2.17. The molecule has 2 aromatic rings. The predicted octanol–water partition coefficient (Wildman–Crippen LogP) is 2.09. The highest BCUT2D eigenvalue weighted by molar-refractivity contribution is 5.97. The Labute approximate surface area is 116 Å². The standard InChI is InChI=1S/C15H14N2O3/c18-14-6-4-10-8-11(3-5-13(10)17-14)15(19)16-9-12-2-1-7-20-12/h1-3,5,7-8H,4,6,9H2,(H,16,19)(H,17,18). The van der Waals surface area contributed by atoms with Gasteiger partial charge in [-0.15, -0.1) is 0 Å². The Bertz CT molecular complexity index is 647. The first kappa shape index (κ1) is 12.5. The van der Waals surface area contributed by atoms with Crippen molar-refractivity contribution >= 4 is 17.5 Å². The number of amides is 2. The van der Waals surface area contributed by atoms with Gasteiger partial charge in [0.2, 0.25) is 5.91 Å². The molecule has 0 aliphatic carbocycles. The zero-order chi connectivity index (χ0) is 13.9. The molecule has 5 nitrogen and oxygen atoms in total. The van der Waals surface area contributed by atoms with Crippen molar-refractivity contribution < 1.29 is 14.0 Å². The van der Waals surface area contributed by atoms with Gasteiger partial charge in [-0.3, -0.25) is 9.59 Å². The van der Waals surface area contributed by atoms with E-state index in [0.717, 1.165) is 11.3 Å². The molecule has 0 unspecified atom stereocenters. The number of carbonyl (C=O) groups excluding carboxylic acids is 2. The molecule has 0 radical (unpaired) electrons. The average Bonchev–Trinajstić information content (AvgIpc) is 2.97. The molecule has 1 aromatic carbocycles. The zero-order valence-electron chi connectivity index (χ0n) is 10.8. The Kier molecular flexibility index (Phi) is 3.25. The van der Waals surface area contributed by atoms with Crippen LogP contribution in [0.25, 0.3) is 0 Å². The highest BCUT2D eigenvalue weighted by Gasteiger charge is 2.16. The van der Waals surface area contributed by atoms with Crippen molar-refractivity contribution in [2.75, 3.05) is 5.32 Å². The topological polar surface area (TPSA) is 71.3 Å². The van der Waals surface area contributed by atoms with Gasteiger partial charge >= 0.3 is 0 Å². The van der Waals surface area contributed by atoms with Gasteiger partial charge < -0.3 is 15.1 Å². The van der Waals surface area contributed by atoms with E-state index in [9.17, 15) is 9.59 Å². The van der Waals surface area contributed by atoms with E-state index < -0.39 is 0 Å². The normalized spacial score (nSPS) is 13.5. The minimum absolute atomic E-state index is 0.0209. The summed E-state index contributed by atoms with van der Waals surface area (Å²) in [4.78, 5) is 23.3. The molecule has 0 fully saturated rings. The van der Waals surface area contributed by atoms with Gasteiger partial charge in [0.25, 0.3) is 5.91 Å². The molecule has 2 amide bonds. The lowest BCUT2D eigenvalue weighted by atomic mass is 10.00. The number of hydrogen-bond donors (Lipinski definition) is 2. The second-order valence-electron chi connectivity index (χ2n) is 4.68. The molecule has 20 heavy (non-hydrogen) atoms. The minimum Gasteiger partial charge on any atom is -0.467 e. The molecule has 3 rings (SSSR count). The van der Waals surface area contributed by atoms with Crippen LogP contribution in [0.3, 0.4) is 0 Å². The highest BCUT2D eigenvalue weighted by atomic mass is 16.3. The van der Waals surface area contributed by atoms with Crippen molar-refractivity contribution in [2.24, 2.45) is 0 Å². The van der Waals surface area contributed by atoms with Gasteiger partial charge in [-0.05, 0) is 42.3 Å². The third-order valence-corrected chi connectivity index (χ3v) is 3.27. The Balaban J connectivity index is 1.70. The number of nitrogens with one attached hydrogen (secondary N) is 2. The Morgan fingerprint density at radius 1 is 1.30 bits per heavy atom. The first-order valence-corrected chi connectivity index (χ1v) is 6.46. The van der Waals surface area contributed by atoms with Crippen molar-refractivity contribution in [1.29, 1.82) is 0 Å². The largest absolute Gasteiger partial charge is 0.467 e. The highest BCUT2D eigenvalue weighted by Crippen LogP contribution is 2.23. The summed E-state index contributed by atoms with van der Waals surface area (Å²) in [7, 11) is 0. The summed E-state index contributed by atoms with van der Waals surface area (Å²) in [5.41, 5.74) is 2.38. The molecule has 0 saturated carbocycles. The smallest absolute Gasteiger partial charge is 0.251 e.